The monoisotopic (exact) mass is 492 g/mol. The Morgan fingerprint density at radius 3 is 2.51 bits per heavy atom. The molecule has 2 aromatic heterocycles. The lowest BCUT2D eigenvalue weighted by atomic mass is 10.0. The van der Waals surface area contributed by atoms with Crippen molar-refractivity contribution in [1.29, 1.82) is 0 Å². The second kappa shape index (κ2) is 9.41. The molecule has 35 heavy (non-hydrogen) atoms. The number of ether oxygens (including phenoxy) is 1. The molecule has 1 aliphatic rings. The lowest BCUT2D eigenvalue weighted by molar-refractivity contribution is -0.139. The second-order valence-corrected chi connectivity index (χ2v) is 7.88. The van der Waals surface area contributed by atoms with E-state index in [2.05, 4.69) is 25.3 Å². The van der Waals surface area contributed by atoms with Crippen LogP contribution in [0.1, 0.15) is 31.3 Å². The average molecular weight is 492 g/mol. The Morgan fingerprint density at radius 2 is 1.86 bits per heavy atom. The number of alkyl halides is 3. The Bertz CT molecular complexity index is 1220. The molecule has 3 aromatic rings. The van der Waals surface area contributed by atoms with E-state index in [9.17, 15) is 27.5 Å². The fourth-order valence-corrected chi connectivity index (χ4v) is 3.50. The zero-order valence-corrected chi connectivity index (χ0v) is 18.5. The van der Waals surface area contributed by atoms with Crippen LogP contribution in [0.3, 0.4) is 0 Å². The predicted molar refractivity (Wildman–Crippen MR) is 116 cm³/mol. The highest BCUT2D eigenvalue weighted by Gasteiger charge is 2.38. The van der Waals surface area contributed by atoms with Crippen molar-refractivity contribution in [2.75, 3.05) is 16.8 Å². The number of hydrogen-bond acceptors (Lipinski definition) is 8. The summed E-state index contributed by atoms with van der Waals surface area (Å²) in [7, 11) is 0. The predicted octanol–water partition coefficient (Wildman–Crippen LogP) is 3.97. The number of aliphatic hydroxyl groups excluding tert-OH is 1. The van der Waals surface area contributed by atoms with Crippen LogP contribution in [0.2, 0.25) is 0 Å². The van der Waals surface area contributed by atoms with Crippen molar-refractivity contribution in [3.8, 4) is 11.1 Å². The fourth-order valence-electron chi connectivity index (χ4n) is 3.50. The van der Waals surface area contributed by atoms with Gasteiger partial charge in [0.05, 0.1) is 17.7 Å². The maximum absolute atomic E-state index is 13.6. The van der Waals surface area contributed by atoms with Crippen LogP contribution >= 0.6 is 0 Å². The van der Waals surface area contributed by atoms with Crippen molar-refractivity contribution in [3.63, 3.8) is 0 Å². The molecule has 3 heterocycles. The van der Waals surface area contributed by atoms with Gasteiger partial charge in [0, 0.05) is 24.2 Å². The molecular formula is C22H20F4N6O3. The normalized spacial score (nSPS) is 17.7. The van der Waals surface area contributed by atoms with Gasteiger partial charge < -0.3 is 15.2 Å². The Labute approximate surface area is 196 Å². The number of rotatable bonds is 6. The first-order chi connectivity index (χ1) is 16.5. The molecule has 4 rings (SSSR count). The highest BCUT2D eigenvalue weighted by molar-refractivity contribution is 5.89. The lowest BCUT2D eigenvalue weighted by Gasteiger charge is -2.23. The molecule has 3 atom stereocenters. The third-order valence-electron chi connectivity index (χ3n) is 5.36. The zero-order chi connectivity index (χ0) is 25.3. The number of anilines is 2. The summed E-state index contributed by atoms with van der Waals surface area (Å²) in [5.74, 6) is -0.680. The number of carbonyl (C=O) groups is 1. The number of nitrogens with one attached hydrogen (secondary N) is 1. The second-order valence-electron chi connectivity index (χ2n) is 7.88. The quantitative estimate of drug-likeness (QED) is 0.497. The Hall–Kier alpha value is -3.87. The first-order valence-corrected chi connectivity index (χ1v) is 10.5. The number of amides is 1. The molecule has 1 fully saturated rings. The Morgan fingerprint density at radius 1 is 1.14 bits per heavy atom. The molecule has 0 spiro atoms. The van der Waals surface area contributed by atoms with Crippen molar-refractivity contribution < 1.29 is 32.2 Å². The first-order valence-electron chi connectivity index (χ1n) is 10.5. The minimum Gasteiger partial charge on any atom is -0.447 e. The van der Waals surface area contributed by atoms with Crippen LogP contribution in [-0.4, -0.2) is 49.9 Å². The summed E-state index contributed by atoms with van der Waals surface area (Å²) in [6.45, 7) is 3.28. The van der Waals surface area contributed by atoms with E-state index in [1.807, 2.05) is 0 Å². The van der Waals surface area contributed by atoms with Crippen LogP contribution < -0.4 is 10.2 Å². The number of benzene rings is 1. The van der Waals surface area contributed by atoms with Crippen LogP contribution in [0.25, 0.3) is 11.1 Å². The highest BCUT2D eigenvalue weighted by Crippen LogP contribution is 2.34. The molecule has 184 valence electrons. The highest BCUT2D eigenvalue weighted by atomic mass is 19.4. The average Bonchev–Trinajstić information content (AvgIpc) is 3.20. The minimum atomic E-state index is -4.82. The molecule has 1 amide bonds. The molecule has 9 nitrogen and oxygen atoms in total. The third kappa shape index (κ3) is 5.14. The van der Waals surface area contributed by atoms with Gasteiger partial charge in [-0.3, -0.25) is 4.90 Å². The van der Waals surface area contributed by atoms with E-state index in [-0.39, 0.29) is 29.5 Å². The van der Waals surface area contributed by atoms with Crippen LogP contribution in [0.15, 0.2) is 42.9 Å². The zero-order valence-electron chi connectivity index (χ0n) is 18.5. The van der Waals surface area contributed by atoms with Crippen molar-refractivity contribution >= 4 is 17.9 Å². The number of cyclic esters (lactones) is 1. The van der Waals surface area contributed by atoms with Gasteiger partial charge >= 0.3 is 12.3 Å². The summed E-state index contributed by atoms with van der Waals surface area (Å²) in [5.41, 5.74) is -0.973. The molecule has 1 unspecified atom stereocenters. The van der Waals surface area contributed by atoms with Crippen molar-refractivity contribution in [1.82, 2.24) is 19.9 Å². The molecule has 0 bridgehead atoms. The van der Waals surface area contributed by atoms with Gasteiger partial charge in [-0.05, 0) is 37.6 Å². The number of aliphatic hydroxyl groups is 1. The topological polar surface area (TPSA) is 113 Å². The van der Waals surface area contributed by atoms with E-state index in [0.717, 1.165) is 6.07 Å². The van der Waals surface area contributed by atoms with Gasteiger partial charge in [0.15, 0.2) is 0 Å². The fraction of sp³-hybridized carbons (Fsp3) is 0.318. The van der Waals surface area contributed by atoms with Crippen molar-refractivity contribution in [2.45, 2.75) is 38.2 Å². The molecular weight excluding hydrogens is 472 g/mol. The molecule has 1 aromatic carbocycles. The number of hydrogen-bond donors (Lipinski definition) is 2. The van der Waals surface area contributed by atoms with E-state index in [1.165, 1.54) is 35.6 Å². The number of nitrogens with zero attached hydrogens (tertiary/aromatic N) is 5. The summed E-state index contributed by atoms with van der Waals surface area (Å²) in [4.78, 5) is 30.1. The number of halogens is 4. The Kier molecular flexibility index (Phi) is 6.52. The molecule has 13 heteroatoms. The summed E-state index contributed by atoms with van der Waals surface area (Å²) in [5, 5.41) is 12.9. The van der Waals surface area contributed by atoms with Gasteiger partial charge in [0.2, 0.25) is 5.95 Å². The van der Waals surface area contributed by atoms with Crippen LogP contribution in [0, 0.1) is 5.82 Å². The summed E-state index contributed by atoms with van der Waals surface area (Å²) in [6.07, 6.45) is -2.21. The number of aromatic nitrogens is 4. The van der Waals surface area contributed by atoms with E-state index in [1.54, 1.807) is 13.8 Å². The maximum atomic E-state index is 13.6. The molecule has 0 aliphatic carbocycles. The van der Waals surface area contributed by atoms with Crippen molar-refractivity contribution in [2.24, 2.45) is 0 Å². The van der Waals surface area contributed by atoms with Crippen molar-refractivity contribution in [3.05, 3.63) is 60.1 Å². The minimum absolute atomic E-state index is 0.0262. The van der Waals surface area contributed by atoms with Crippen LogP contribution in [0.4, 0.5) is 34.1 Å². The Balaban J connectivity index is 1.50. The molecule has 1 saturated heterocycles. The van der Waals surface area contributed by atoms with Crippen LogP contribution in [-0.2, 0) is 10.9 Å². The molecule has 0 saturated carbocycles. The third-order valence-corrected chi connectivity index (χ3v) is 5.36. The smallest absolute Gasteiger partial charge is 0.419 e. The lowest BCUT2D eigenvalue weighted by Crippen LogP contribution is -2.41. The molecule has 0 radical (unpaired) electrons. The first kappa shape index (κ1) is 24.3. The SMILES string of the molecule is C[C@H](Nc1nccc(N2C(=O)OCC2[C@@H](C)O)n1)c1ncc(-c2ccc(F)c(C(F)(F)F)c2)cn1. The molecule has 2 N–H and O–H groups in total. The van der Waals surface area contributed by atoms with Gasteiger partial charge in [-0.15, -0.1) is 0 Å². The maximum Gasteiger partial charge on any atom is 0.419 e. The van der Waals surface area contributed by atoms with Gasteiger partial charge in [-0.2, -0.15) is 18.2 Å². The summed E-state index contributed by atoms with van der Waals surface area (Å²) in [6, 6.07) is 3.06. The van der Waals surface area contributed by atoms with E-state index in [4.69, 9.17) is 4.74 Å². The van der Waals surface area contributed by atoms with Crippen LogP contribution in [0.5, 0.6) is 0 Å². The summed E-state index contributed by atoms with van der Waals surface area (Å²) >= 11 is 0. The van der Waals surface area contributed by atoms with E-state index in [0.29, 0.717) is 11.9 Å². The molecule has 1 aliphatic heterocycles. The largest absolute Gasteiger partial charge is 0.447 e. The van der Waals surface area contributed by atoms with Gasteiger partial charge in [0.25, 0.3) is 0 Å². The van der Waals surface area contributed by atoms with Gasteiger partial charge in [-0.1, -0.05) is 6.07 Å². The van der Waals surface area contributed by atoms with Gasteiger partial charge in [-0.25, -0.2) is 24.1 Å². The van der Waals surface area contributed by atoms with E-state index >= 15 is 0 Å². The standard InChI is InChI=1S/C22H20F4N6O3/c1-11(30-20-27-6-5-18(31-20)32-17(12(2)33)10-35-21(32)34)19-28-8-14(9-29-19)13-3-4-16(23)15(7-13)22(24,25)26/h3-9,11-12,17,33H,10H2,1-2H3,(H,27,30,31)/t11-,12+,17?/m0/s1. The van der Waals surface area contributed by atoms with E-state index < -0.39 is 41.8 Å². The summed E-state index contributed by atoms with van der Waals surface area (Å²) < 4.78 is 57.6. The van der Waals surface area contributed by atoms with Gasteiger partial charge in [0.1, 0.15) is 30.1 Å². The number of carbonyl (C=O) groups excluding carboxylic acids is 1.